The topological polar surface area (TPSA) is 42.4 Å². The summed E-state index contributed by atoms with van der Waals surface area (Å²) in [5.41, 5.74) is 0.549. The molecule has 0 aliphatic heterocycles. The van der Waals surface area contributed by atoms with Crippen molar-refractivity contribution in [2.45, 2.75) is 38.1 Å². The molecule has 18 heavy (non-hydrogen) atoms. The van der Waals surface area contributed by atoms with Crippen LogP contribution in [0.4, 0.5) is 0 Å². The monoisotopic (exact) mass is 248 g/mol. The van der Waals surface area contributed by atoms with Crippen molar-refractivity contribution in [1.29, 1.82) is 0 Å². The van der Waals surface area contributed by atoms with E-state index in [9.17, 15) is 4.79 Å². The molecule has 0 spiro atoms. The minimum atomic E-state index is 0.00634. The molecule has 0 N–H and O–H groups in total. The zero-order valence-electron chi connectivity index (χ0n) is 11.1. The SMILES string of the molecule is COc1ncccc1C(=O)N(C)C1CCCCC1. The maximum atomic E-state index is 12.4. The van der Waals surface area contributed by atoms with Crippen LogP contribution in [0.25, 0.3) is 0 Å². The van der Waals surface area contributed by atoms with Crippen molar-refractivity contribution in [3.8, 4) is 5.88 Å². The first kappa shape index (κ1) is 12.9. The molecule has 1 aromatic rings. The van der Waals surface area contributed by atoms with E-state index in [4.69, 9.17) is 4.74 Å². The van der Waals surface area contributed by atoms with E-state index in [-0.39, 0.29) is 5.91 Å². The number of methoxy groups -OCH3 is 1. The summed E-state index contributed by atoms with van der Waals surface area (Å²) in [6.45, 7) is 0. The minimum Gasteiger partial charge on any atom is -0.480 e. The van der Waals surface area contributed by atoms with Crippen molar-refractivity contribution in [1.82, 2.24) is 9.88 Å². The molecule has 4 heteroatoms. The van der Waals surface area contributed by atoms with Crippen LogP contribution in [0.1, 0.15) is 42.5 Å². The Labute approximate surface area is 108 Å². The summed E-state index contributed by atoms with van der Waals surface area (Å²) in [6, 6.07) is 3.90. The Morgan fingerprint density at radius 1 is 1.39 bits per heavy atom. The van der Waals surface area contributed by atoms with Crippen LogP contribution in [0.15, 0.2) is 18.3 Å². The second-order valence-electron chi connectivity index (χ2n) is 4.77. The summed E-state index contributed by atoms with van der Waals surface area (Å²) in [5.74, 6) is 0.414. The predicted molar refractivity (Wildman–Crippen MR) is 69.8 cm³/mol. The van der Waals surface area contributed by atoms with E-state index >= 15 is 0 Å². The largest absolute Gasteiger partial charge is 0.480 e. The van der Waals surface area contributed by atoms with Crippen molar-refractivity contribution in [2.75, 3.05) is 14.2 Å². The Bertz CT molecular complexity index is 414. The number of ether oxygens (including phenoxy) is 1. The highest BCUT2D eigenvalue weighted by atomic mass is 16.5. The third-order valence-corrected chi connectivity index (χ3v) is 3.64. The summed E-state index contributed by atoms with van der Waals surface area (Å²) in [5, 5.41) is 0. The van der Waals surface area contributed by atoms with E-state index in [2.05, 4.69) is 4.98 Å². The number of hydrogen-bond donors (Lipinski definition) is 0. The Kier molecular flexibility index (Phi) is 4.18. The van der Waals surface area contributed by atoms with Crippen LogP contribution in [-0.4, -0.2) is 36.0 Å². The molecule has 2 rings (SSSR count). The lowest BCUT2D eigenvalue weighted by molar-refractivity contribution is 0.0692. The lowest BCUT2D eigenvalue weighted by Gasteiger charge is -2.31. The first-order valence-corrected chi connectivity index (χ1v) is 6.50. The van der Waals surface area contributed by atoms with Crippen molar-refractivity contribution in [3.05, 3.63) is 23.9 Å². The van der Waals surface area contributed by atoms with Gasteiger partial charge in [0, 0.05) is 19.3 Å². The van der Waals surface area contributed by atoms with Crippen LogP contribution in [0.5, 0.6) is 5.88 Å². The summed E-state index contributed by atoms with van der Waals surface area (Å²) in [6.07, 6.45) is 7.56. The van der Waals surface area contributed by atoms with Crippen molar-refractivity contribution in [3.63, 3.8) is 0 Å². The molecule has 1 fully saturated rings. The normalized spacial score (nSPS) is 16.3. The molecule has 1 aliphatic rings. The lowest BCUT2D eigenvalue weighted by atomic mass is 9.94. The van der Waals surface area contributed by atoms with E-state index in [1.807, 2.05) is 11.9 Å². The van der Waals surface area contributed by atoms with Gasteiger partial charge in [-0.25, -0.2) is 4.98 Å². The highest BCUT2D eigenvalue weighted by Crippen LogP contribution is 2.24. The molecule has 1 amide bonds. The number of amides is 1. The number of carbonyl (C=O) groups excluding carboxylic acids is 1. The van der Waals surface area contributed by atoms with Crippen LogP contribution < -0.4 is 4.74 Å². The van der Waals surface area contributed by atoms with Gasteiger partial charge in [0.05, 0.1) is 7.11 Å². The molecule has 0 aromatic carbocycles. The van der Waals surface area contributed by atoms with Gasteiger partial charge in [0.2, 0.25) is 5.88 Å². The summed E-state index contributed by atoms with van der Waals surface area (Å²) >= 11 is 0. The van der Waals surface area contributed by atoms with Gasteiger partial charge in [-0.1, -0.05) is 19.3 Å². The molecule has 0 radical (unpaired) electrons. The van der Waals surface area contributed by atoms with Gasteiger partial charge >= 0.3 is 0 Å². The number of aromatic nitrogens is 1. The number of hydrogen-bond acceptors (Lipinski definition) is 3. The number of nitrogens with zero attached hydrogens (tertiary/aromatic N) is 2. The fourth-order valence-corrected chi connectivity index (χ4v) is 2.54. The zero-order chi connectivity index (χ0) is 13.0. The third kappa shape index (κ3) is 2.63. The van der Waals surface area contributed by atoms with Gasteiger partial charge in [-0.05, 0) is 25.0 Å². The van der Waals surface area contributed by atoms with E-state index in [1.165, 1.54) is 19.3 Å². The lowest BCUT2D eigenvalue weighted by Crippen LogP contribution is -2.38. The molecule has 98 valence electrons. The fourth-order valence-electron chi connectivity index (χ4n) is 2.54. The fraction of sp³-hybridized carbons (Fsp3) is 0.571. The second-order valence-corrected chi connectivity index (χ2v) is 4.77. The Morgan fingerprint density at radius 3 is 2.78 bits per heavy atom. The maximum absolute atomic E-state index is 12.4. The van der Waals surface area contributed by atoms with E-state index in [0.29, 0.717) is 17.5 Å². The van der Waals surface area contributed by atoms with Crippen molar-refractivity contribution >= 4 is 5.91 Å². The highest BCUT2D eigenvalue weighted by Gasteiger charge is 2.25. The van der Waals surface area contributed by atoms with Crippen LogP contribution >= 0.6 is 0 Å². The number of pyridine rings is 1. The van der Waals surface area contributed by atoms with Crippen LogP contribution in [-0.2, 0) is 0 Å². The van der Waals surface area contributed by atoms with Gasteiger partial charge in [-0.2, -0.15) is 0 Å². The smallest absolute Gasteiger partial charge is 0.259 e. The molecule has 0 bridgehead atoms. The molecule has 4 nitrogen and oxygen atoms in total. The van der Waals surface area contributed by atoms with Crippen LogP contribution in [0.3, 0.4) is 0 Å². The first-order chi connectivity index (χ1) is 8.74. The third-order valence-electron chi connectivity index (χ3n) is 3.64. The molecular formula is C14H20N2O2. The van der Waals surface area contributed by atoms with Crippen LogP contribution in [0.2, 0.25) is 0 Å². The van der Waals surface area contributed by atoms with Gasteiger partial charge in [0.15, 0.2) is 0 Å². The molecule has 1 heterocycles. The predicted octanol–water partition coefficient (Wildman–Crippen LogP) is 2.49. The number of rotatable bonds is 3. The molecule has 0 saturated heterocycles. The molecular weight excluding hydrogens is 228 g/mol. The average Bonchev–Trinajstić information content (AvgIpc) is 2.46. The van der Waals surface area contributed by atoms with Gasteiger partial charge < -0.3 is 9.64 Å². The van der Waals surface area contributed by atoms with Gasteiger partial charge in [0.25, 0.3) is 5.91 Å². The quantitative estimate of drug-likeness (QED) is 0.825. The maximum Gasteiger partial charge on any atom is 0.259 e. The Balaban J connectivity index is 2.14. The molecule has 0 atom stereocenters. The zero-order valence-corrected chi connectivity index (χ0v) is 11.1. The van der Waals surface area contributed by atoms with Crippen molar-refractivity contribution in [2.24, 2.45) is 0 Å². The molecule has 1 aromatic heterocycles. The molecule has 1 saturated carbocycles. The van der Waals surface area contributed by atoms with Gasteiger partial charge in [-0.15, -0.1) is 0 Å². The summed E-state index contributed by atoms with van der Waals surface area (Å²) in [4.78, 5) is 18.4. The highest BCUT2D eigenvalue weighted by molar-refractivity contribution is 5.96. The van der Waals surface area contributed by atoms with Gasteiger partial charge in [0.1, 0.15) is 5.56 Å². The van der Waals surface area contributed by atoms with E-state index in [1.54, 1.807) is 25.4 Å². The van der Waals surface area contributed by atoms with Crippen molar-refractivity contribution < 1.29 is 9.53 Å². The van der Waals surface area contributed by atoms with E-state index < -0.39 is 0 Å². The number of carbonyl (C=O) groups is 1. The Hall–Kier alpha value is -1.58. The standard InChI is InChI=1S/C14H20N2O2/c1-16(11-7-4-3-5-8-11)14(17)12-9-6-10-15-13(12)18-2/h6,9-11H,3-5,7-8H2,1-2H3. The second kappa shape index (κ2) is 5.85. The molecule has 1 aliphatic carbocycles. The summed E-state index contributed by atoms with van der Waals surface area (Å²) in [7, 11) is 3.42. The average molecular weight is 248 g/mol. The summed E-state index contributed by atoms with van der Waals surface area (Å²) < 4.78 is 5.15. The molecule has 0 unspecified atom stereocenters. The Morgan fingerprint density at radius 2 is 2.11 bits per heavy atom. The van der Waals surface area contributed by atoms with E-state index in [0.717, 1.165) is 12.8 Å². The first-order valence-electron chi connectivity index (χ1n) is 6.50. The minimum absolute atomic E-state index is 0.00634. The van der Waals surface area contributed by atoms with Gasteiger partial charge in [-0.3, -0.25) is 4.79 Å². The van der Waals surface area contributed by atoms with Crippen LogP contribution in [0, 0.1) is 0 Å².